The van der Waals surface area contributed by atoms with Gasteiger partial charge in [0.1, 0.15) is 24.7 Å². The quantitative estimate of drug-likeness (QED) is 0.668. The molecule has 0 aliphatic carbocycles. The highest BCUT2D eigenvalue weighted by Crippen LogP contribution is 2.14. The van der Waals surface area contributed by atoms with E-state index >= 15 is 0 Å². The molecule has 0 aliphatic heterocycles. The smallest absolute Gasteiger partial charge is 0.409 e. The number of nitrogen functional groups attached to an aromatic ring is 2. The highest BCUT2D eigenvalue weighted by atomic mass is 16.6. The van der Waals surface area contributed by atoms with E-state index in [1.807, 2.05) is 0 Å². The number of anilines is 2. The second-order valence-corrected chi connectivity index (χ2v) is 5.52. The van der Waals surface area contributed by atoms with Crippen molar-refractivity contribution >= 4 is 17.5 Å². The molecule has 0 aromatic heterocycles. The summed E-state index contributed by atoms with van der Waals surface area (Å²) in [6.45, 7) is 3.52. The molecule has 2 aromatic carbocycles. The first kappa shape index (κ1) is 19.2. The van der Waals surface area contributed by atoms with Crippen LogP contribution < -0.4 is 20.9 Å². The van der Waals surface area contributed by atoms with Crippen molar-refractivity contribution in [3.8, 4) is 11.5 Å². The Morgan fingerprint density at radius 3 is 1.65 bits per heavy atom. The van der Waals surface area contributed by atoms with E-state index in [0.29, 0.717) is 55.8 Å². The molecule has 2 rings (SSSR count). The van der Waals surface area contributed by atoms with Crippen LogP contribution in [0, 0.1) is 0 Å². The Morgan fingerprint density at radius 2 is 1.27 bits per heavy atom. The molecule has 0 radical (unpaired) electrons. The molecule has 0 unspecified atom stereocenters. The average Bonchev–Trinajstić information content (AvgIpc) is 2.64. The number of nitrogens with two attached hydrogens (primary N) is 2. The fraction of sp³-hybridized carbons (Fsp3) is 0.316. The van der Waals surface area contributed by atoms with E-state index in [9.17, 15) is 4.79 Å². The number of ether oxygens (including phenoxy) is 3. The Morgan fingerprint density at radius 1 is 0.846 bits per heavy atom. The van der Waals surface area contributed by atoms with Gasteiger partial charge < -0.3 is 30.6 Å². The van der Waals surface area contributed by atoms with Crippen LogP contribution in [0.25, 0.3) is 0 Å². The molecule has 1 amide bonds. The number of amides is 1. The van der Waals surface area contributed by atoms with Crippen LogP contribution >= 0.6 is 0 Å². The van der Waals surface area contributed by atoms with E-state index in [-0.39, 0.29) is 0 Å². The normalized spacial score (nSPS) is 10.2. The van der Waals surface area contributed by atoms with Gasteiger partial charge >= 0.3 is 6.09 Å². The minimum Gasteiger partial charge on any atom is -0.492 e. The van der Waals surface area contributed by atoms with E-state index in [0.717, 1.165) is 0 Å². The third-order valence-corrected chi connectivity index (χ3v) is 3.55. The Hall–Kier alpha value is -3.09. The predicted octanol–water partition coefficient (Wildman–Crippen LogP) is 2.77. The highest BCUT2D eigenvalue weighted by molar-refractivity contribution is 5.67. The van der Waals surface area contributed by atoms with Crippen molar-refractivity contribution in [1.29, 1.82) is 0 Å². The second-order valence-electron chi connectivity index (χ2n) is 5.52. The zero-order valence-corrected chi connectivity index (χ0v) is 14.9. The molecule has 7 heteroatoms. The van der Waals surface area contributed by atoms with Gasteiger partial charge in [-0.1, -0.05) is 0 Å². The molecule has 0 bridgehead atoms. The Labute approximate surface area is 153 Å². The molecule has 0 spiro atoms. The zero-order valence-electron chi connectivity index (χ0n) is 14.9. The number of carbonyl (C=O) groups is 1. The molecular formula is C19H25N3O4. The lowest BCUT2D eigenvalue weighted by molar-refractivity contribution is 0.0938. The maximum Gasteiger partial charge on any atom is 0.409 e. The molecular weight excluding hydrogens is 334 g/mol. The maximum absolute atomic E-state index is 12.1. The largest absolute Gasteiger partial charge is 0.492 e. The Kier molecular flexibility index (Phi) is 7.42. The van der Waals surface area contributed by atoms with Crippen LogP contribution in [0.4, 0.5) is 16.2 Å². The number of nitrogens with zero attached hydrogens (tertiary/aromatic N) is 1. The van der Waals surface area contributed by atoms with Crippen molar-refractivity contribution in [2.45, 2.75) is 6.92 Å². The van der Waals surface area contributed by atoms with Crippen molar-refractivity contribution in [3.05, 3.63) is 48.5 Å². The zero-order chi connectivity index (χ0) is 18.8. The number of rotatable bonds is 9. The monoisotopic (exact) mass is 359 g/mol. The Balaban J connectivity index is 1.81. The standard InChI is InChI=1S/C19H25N3O4/c1-2-24-19(23)22(11-13-25-17-7-3-15(20)4-8-17)12-14-26-18-9-5-16(21)6-10-18/h3-10H,2,11-14,20-21H2,1H3. The summed E-state index contributed by atoms with van der Waals surface area (Å²) in [6, 6.07) is 14.2. The molecule has 0 aliphatic rings. The topological polar surface area (TPSA) is 100 Å². The Bertz CT molecular complexity index is 623. The number of hydrogen-bond acceptors (Lipinski definition) is 6. The van der Waals surface area contributed by atoms with Gasteiger partial charge in [-0.15, -0.1) is 0 Å². The SMILES string of the molecule is CCOC(=O)N(CCOc1ccc(N)cc1)CCOc1ccc(N)cc1. The summed E-state index contributed by atoms with van der Waals surface area (Å²) in [4.78, 5) is 13.6. The number of hydrogen-bond donors (Lipinski definition) is 2. The van der Waals surface area contributed by atoms with E-state index < -0.39 is 6.09 Å². The number of benzene rings is 2. The van der Waals surface area contributed by atoms with Crippen molar-refractivity contribution in [3.63, 3.8) is 0 Å². The molecule has 4 N–H and O–H groups in total. The van der Waals surface area contributed by atoms with E-state index in [1.165, 1.54) is 0 Å². The van der Waals surface area contributed by atoms with Crippen LogP contribution in [-0.2, 0) is 4.74 Å². The van der Waals surface area contributed by atoms with Gasteiger partial charge in [0.2, 0.25) is 0 Å². The summed E-state index contributed by atoms with van der Waals surface area (Å²) >= 11 is 0. The number of carbonyl (C=O) groups excluding carboxylic acids is 1. The molecule has 140 valence electrons. The van der Waals surface area contributed by atoms with Crippen LogP contribution in [0.15, 0.2) is 48.5 Å². The van der Waals surface area contributed by atoms with E-state index in [2.05, 4.69) is 0 Å². The van der Waals surface area contributed by atoms with Gasteiger partial charge in [-0.25, -0.2) is 4.79 Å². The highest BCUT2D eigenvalue weighted by Gasteiger charge is 2.14. The third kappa shape index (κ3) is 6.43. The summed E-state index contributed by atoms with van der Waals surface area (Å²) in [7, 11) is 0. The van der Waals surface area contributed by atoms with Gasteiger partial charge in [-0.2, -0.15) is 0 Å². The first-order valence-electron chi connectivity index (χ1n) is 8.47. The van der Waals surface area contributed by atoms with Crippen LogP contribution in [0.1, 0.15) is 6.92 Å². The minimum absolute atomic E-state index is 0.312. The van der Waals surface area contributed by atoms with E-state index in [4.69, 9.17) is 25.7 Å². The maximum atomic E-state index is 12.1. The summed E-state index contributed by atoms with van der Waals surface area (Å²) in [6.07, 6.45) is -0.394. The molecule has 2 aromatic rings. The van der Waals surface area contributed by atoms with Crippen LogP contribution in [-0.4, -0.2) is 43.9 Å². The lowest BCUT2D eigenvalue weighted by atomic mass is 10.3. The van der Waals surface area contributed by atoms with Gasteiger partial charge in [0.15, 0.2) is 0 Å². The molecule has 7 nitrogen and oxygen atoms in total. The average molecular weight is 359 g/mol. The van der Waals surface area contributed by atoms with Crippen LogP contribution in [0.2, 0.25) is 0 Å². The first-order valence-corrected chi connectivity index (χ1v) is 8.47. The summed E-state index contributed by atoms with van der Waals surface area (Å²) in [5.74, 6) is 1.39. The van der Waals surface area contributed by atoms with Gasteiger partial charge in [0.05, 0.1) is 19.7 Å². The van der Waals surface area contributed by atoms with Crippen molar-refractivity contribution in [2.75, 3.05) is 44.4 Å². The lowest BCUT2D eigenvalue weighted by Gasteiger charge is -2.22. The van der Waals surface area contributed by atoms with E-state index in [1.54, 1.807) is 60.4 Å². The first-order chi connectivity index (χ1) is 12.6. The van der Waals surface area contributed by atoms with Gasteiger partial charge in [-0.05, 0) is 55.5 Å². The summed E-state index contributed by atoms with van der Waals surface area (Å²) < 4.78 is 16.4. The van der Waals surface area contributed by atoms with Crippen molar-refractivity contribution in [1.82, 2.24) is 4.90 Å². The molecule has 0 atom stereocenters. The summed E-state index contributed by atoms with van der Waals surface area (Å²) in [5, 5.41) is 0. The van der Waals surface area contributed by atoms with Crippen LogP contribution in [0.5, 0.6) is 11.5 Å². The van der Waals surface area contributed by atoms with Crippen molar-refractivity contribution < 1.29 is 19.0 Å². The lowest BCUT2D eigenvalue weighted by Crippen LogP contribution is -2.38. The molecule has 0 saturated heterocycles. The molecule has 26 heavy (non-hydrogen) atoms. The van der Waals surface area contributed by atoms with Gasteiger partial charge in [0.25, 0.3) is 0 Å². The molecule has 0 fully saturated rings. The predicted molar refractivity (Wildman–Crippen MR) is 101 cm³/mol. The van der Waals surface area contributed by atoms with Crippen LogP contribution in [0.3, 0.4) is 0 Å². The minimum atomic E-state index is -0.394. The van der Waals surface area contributed by atoms with Gasteiger partial charge in [-0.3, -0.25) is 0 Å². The molecule has 0 heterocycles. The fourth-order valence-corrected chi connectivity index (χ4v) is 2.18. The van der Waals surface area contributed by atoms with Crippen molar-refractivity contribution in [2.24, 2.45) is 0 Å². The fourth-order valence-electron chi connectivity index (χ4n) is 2.18. The second kappa shape index (κ2) is 10.0. The summed E-state index contributed by atoms with van der Waals surface area (Å²) in [5.41, 5.74) is 12.6. The molecule has 0 saturated carbocycles. The third-order valence-electron chi connectivity index (χ3n) is 3.55. The van der Waals surface area contributed by atoms with Gasteiger partial charge in [0, 0.05) is 11.4 Å².